The molecule has 0 aliphatic rings. The van der Waals surface area contributed by atoms with Crippen LogP contribution in [0.25, 0.3) is 0 Å². The predicted octanol–water partition coefficient (Wildman–Crippen LogP) is 0.544. The number of rotatable bonds is 7. The van der Waals surface area contributed by atoms with Gasteiger partial charge in [-0.05, 0) is 32.0 Å². The summed E-state index contributed by atoms with van der Waals surface area (Å²) in [6.45, 7) is 2.86. The van der Waals surface area contributed by atoms with Gasteiger partial charge in [-0.25, -0.2) is 13.1 Å². The van der Waals surface area contributed by atoms with Crippen molar-refractivity contribution in [3.05, 3.63) is 24.3 Å². The van der Waals surface area contributed by atoms with E-state index in [4.69, 9.17) is 11.5 Å². The average molecular weight is 317 g/mol. The van der Waals surface area contributed by atoms with Crippen LogP contribution in [0.15, 0.2) is 29.2 Å². The van der Waals surface area contributed by atoms with Gasteiger partial charge >= 0.3 is 0 Å². The zero-order valence-electron chi connectivity index (χ0n) is 11.4. The molecule has 6 nitrogen and oxygen atoms in total. The normalized spacial score (nSPS) is 12.3. The van der Waals surface area contributed by atoms with E-state index < -0.39 is 21.5 Å². The summed E-state index contributed by atoms with van der Waals surface area (Å²) in [7, 11) is -3.57. The highest BCUT2D eigenvalue weighted by Gasteiger charge is 2.30. The van der Waals surface area contributed by atoms with Crippen LogP contribution in [0.3, 0.4) is 0 Å². The molecule has 0 fully saturated rings. The van der Waals surface area contributed by atoms with E-state index in [1.807, 2.05) is 6.07 Å². The van der Waals surface area contributed by atoms with Gasteiger partial charge in [-0.3, -0.25) is 4.79 Å². The monoisotopic (exact) mass is 317 g/mol. The Morgan fingerprint density at radius 3 is 2.60 bits per heavy atom. The van der Waals surface area contributed by atoms with Gasteiger partial charge in [0.1, 0.15) is 5.54 Å². The van der Waals surface area contributed by atoms with Crippen LogP contribution >= 0.6 is 11.8 Å². The van der Waals surface area contributed by atoms with Gasteiger partial charge in [0.2, 0.25) is 15.9 Å². The van der Waals surface area contributed by atoms with Crippen molar-refractivity contribution in [3.63, 3.8) is 0 Å². The Kier molecular flexibility index (Phi) is 5.43. The van der Waals surface area contributed by atoms with Crippen LogP contribution in [0.5, 0.6) is 0 Å². The fourth-order valence-corrected chi connectivity index (χ4v) is 4.18. The number of thioether (sulfide) groups is 1. The highest BCUT2D eigenvalue weighted by molar-refractivity contribution is 8.00. The third-order valence-corrected chi connectivity index (χ3v) is 5.32. The minimum atomic E-state index is -3.57. The smallest absolute Gasteiger partial charge is 0.238 e. The van der Waals surface area contributed by atoms with Gasteiger partial charge in [-0.15, -0.1) is 11.8 Å². The number of nitrogens with two attached hydrogens (primary N) is 2. The van der Waals surface area contributed by atoms with E-state index >= 15 is 0 Å². The van der Waals surface area contributed by atoms with Crippen molar-refractivity contribution in [1.82, 2.24) is 4.72 Å². The van der Waals surface area contributed by atoms with Crippen LogP contribution in [0, 0.1) is 0 Å². The quantitative estimate of drug-likeness (QED) is 0.501. The lowest BCUT2D eigenvalue weighted by Gasteiger charge is -2.21. The molecule has 20 heavy (non-hydrogen) atoms. The van der Waals surface area contributed by atoms with E-state index in [0.717, 1.165) is 4.90 Å². The van der Waals surface area contributed by atoms with Crippen molar-refractivity contribution >= 4 is 33.4 Å². The fourth-order valence-electron chi connectivity index (χ4n) is 1.36. The Bertz CT molecular complexity index is 585. The molecule has 8 heteroatoms. The first-order valence-corrected chi connectivity index (χ1v) is 8.56. The molecule has 0 bridgehead atoms. The minimum Gasteiger partial charge on any atom is -0.399 e. The van der Waals surface area contributed by atoms with E-state index in [0.29, 0.717) is 11.4 Å². The molecule has 0 saturated heterocycles. The predicted molar refractivity (Wildman–Crippen MR) is 81.8 cm³/mol. The Labute approximate surface area is 123 Å². The van der Waals surface area contributed by atoms with E-state index in [1.54, 1.807) is 18.2 Å². The van der Waals surface area contributed by atoms with Crippen molar-refractivity contribution < 1.29 is 13.2 Å². The molecular formula is C12H19N3O3S2. The highest BCUT2D eigenvalue weighted by atomic mass is 32.2. The van der Waals surface area contributed by atoms with Crippen LogP contribution in [0.2, 0.25) is 0 Å². The summed E-state index contributed by atoms with van der Waals surface area (Å²) < 4.78 is 26.0. The molecule has 0 heterocycles. The maximum Gasteiger partial charge on any atom is 0.238 e. The first kappa shape index (κ1) is 16.8. The molecule has 0 aromatic heterocycles. The number of nitrogen functional groups attached to an aromatic ring is 1. The van der Waals surface area contributed by atoms with Crippen LogP contribution in [0.4, 0.5) is 5.69 Å². The summed E-state index contributed by atoms with van der Waals surface area (Å²) in [5.41, 5.74) is 10.1. The molecule has 0 radical (unpaired) electrons. The first-order valence-electron chi connectivity index (χ1n) is 5.92. The van der Waals surface area contributed by atoms with E-state index in [1.165, 1.54) is 25.6 Å². The van der Waals surface area contributed by atoms with Crippen molar-refractivity contribution in [2.45, 2.75) is 24.3 Å². The number of sulfonamides is 1. The summed E-state index contributed by atoms with van der Waals surface area (Å²) >= 11 is 1.38. The lowest BCUT2D eigenvalue weighted by atomic mass is 10.1. The average Bonchev–Trinajstić information content (AvgIpc) is 2.26. The molecule has 112 valence electrons. The number of hydrogen-bond acceptors (Lipinski definition) is 5. The lowest BCUT2D eigenvalue weighted by Crippen LogP contribution is -2.53. The second-order valence-corrected chi connectivity index (χ2v) is 7.84. The van der Waals surface area contributed by atoms with Crippen molar-refractivity contribution in [2.24, 2.45) is 5.73 Å². The molecule has 0 atom stereocenters. The number of anilines is 1. The zero-order chi connectivity index (χ0) is 15.4. The van der Waals surface area contributed by atoms with Crippen molar-refractivity contribution in [1.29, 1.82) is 0 Å². The molecule has 0 aliphatic heterocycles. The Balaban J connectivity index is 2.54. The lowest BCUT2D eigenvalue weighted by molar-refractivity contribution is -0.122. The number of nitrogens with one attached hydrogen (secondary N) is 1. The van der Waals surface area contributed by atoms with Gasteiger partial charge in [0, 0.05) is 16.3 Å². The van der Waals surface area contributed by atoms with Gasteiger partial charge in [0.15, 0.2) is 0 Å². The third kappa shape index (κ3) is 5.40. The molecule has 1 amide bonds. The molecule has 0 unspecified atom stereocenters. The number of benzene rings is 1. The summed E-state index contributed by atoms with van der Waals surface area (Å²) in [5, 5.41) is 0. The van der Waals surface area contributed by atoms with Gasteiger partial charge in [-0.1, -0.05) is 6.07 Å². The van der Waals surface area contributed by atoms with E-state index in [2.05, 4.69) is 4.72 Å². The molecule has 1 rings (SSSR count). The molecule has 0 aliphatic carbocycles. The van der Waals surface area contributed by atoms with Gasteiger partial charge in [-0.2, -0.15) is 0 Å². The second-order valence-electron chi connectivity index (χ2n) is 4.83. The maximum absolute atomic E-state index is 11.9. The first-order chi connectivity index (χ1) is 9.12. The zero-order valence-corrected chi connectivity index (χ0v) is 13.1. The van der Waals surface area contributed by atoms with Gasteiger partial charge in [0.25, 0.3) is 0 Å². The summed E-state index contributed by atoms with van der Waals surface area (Å²) in [4.78, 5) is 12.0. The molecular weight excluding hydrogens is 298 g/mol. The van der Waals surface area contributed by atoms with Crippen molar-refractivity contribution in [3.8, 4) is 0 Å². The van der Waals surface area contributed by atoms with E-state index in [9.17, 15) is 13.2 Å². The molecule has 0 spiro atoms. The second kappa shape index (κ2) is 6.47. The molecule has 1 aromatic rings. The maximum atomic E-state index is 11.9. The number of carbonyl (C=O) groups excluding carboxylic acids is 1. The van der Waals surface area contributed by atoms with Crippen LogP contribution in [0.1, 0.15) is 13.8 Å². The number of primary amides is 1. The molecule has 1 aromatic carbocycles. The van der Waals surface area contributed by atoms with Crippen LogP contribution in [-0.4, -0.2) is 31.4 Å². The standard InChI is InChI=1S/C12H19N3O3S2/c1-12(2,11(14)16)15-20(17,18)7-6-19-10-5-3-4-9(13)8-10/h3-5,8,15H,6-7,13H2,1-2H3,(H2,14,16). The minimum absolute atomic E-state index is 0.108. The third-order valence-electron chi connectivity index (χ3n) is 2.51. The largest absolute Gasteiger partial charge is 0.399 e. The van der Waals surface area contributed by atoms with E-state index in [-0.39, 0.29) is 5.75 Å². The SMILES string of the molecule is CC(C)(NS(=O)(=O)CCSc1cccc(N)c1)C(N)=O. The number of hydrogen-bond donors (Lipinski definition) is 3. The topological polar surface area (TPSA) is 115 Å². The highest BCUT2D eigenvalue weighted by Crippen LogP contribution is 2.20. The Morgan fingerprint density at radius 1 is 1.40 bits per heavy atom. The van der Waals surface area contributed by atoms with Gasteiger partial charge in [0.05, 0.1) is 5.75 Å². The number of amides is 1. The summed E-state index contributed by atoms with van der Waals surface area (Å²) in [5.74, 6) is -0.471. The summed E-state index contributed by atoms with van der Waals surface area (Å²) in [6, 6.07) is 7.20. The Hall–Kier alpha value is -1.25. The van der Waals surface area contributed by atoms with Crippen LogP contribution in [-0.2, 0) is 14.8 Å². The number of carbonyl (C=O) groups is 1. The summed E-state index contributed by atoms with van der Waals surface area (Å²) in [6.07, 6.45) is 0. The molecule has 0 saturated carbocycles. The van der Waals surface area contributed by atoms with Crippen LogP contribution < -0.4 is 16.2 Å². The Morgan fingerprint density at radius 2 is 2.05 bits per heavy atom. The van der Waals surface area contributed by atoms with Crippen molar-refractivity contribution in [2.75, 3.05) is 17.2 Å². The van der Waals surface area contributed by atoms with Gasteiger partial charge < -0.3 is 11.5 Å². The molecule has 5 N–H and O–H groups in total. The fraction of sp³-hybridized carbons (Fsp3) is 0.417.